The van der Waals surface area contributed by atoms with E-state index in [0.29, 0.717) is 22.0 Å². The van der Waals surface area contributed by atoms with Crippen LogP contribution in [0.15, 0.2) is 54.9 Å². The Balaban J connectivity index is 1.60. The number of hydrogen-bond acceptors (Lipinski definition) is 6. The van der Waals surface area contributed by atoms with Gasteiger partial charge in [-0.05, 0) is 59.8 Å². The van der Waals surface area contributed by atoms with E-state index in [4.69, 9.17) is 16.3 Å². The van der Waals surface area contributed by atoms with Crippen molar-refractivity contribution in [2.24, 2.45) is 0 Å². The van der Waals surface area contributed by atoms with Gasteiger partial charge in [0.2, 0.25) is 0 Å². The smallest absolute Gasteiger partial charge is 0.338 e. The number of esters is 1. The highest BCUT2D eigenvalue weighted by Gasteiger charge is 2.19. The first-order valence-corrected chi connectivity index (χ1v) is 8.01. The number of carbonyl (C=O) groups is 2. The molecule has 26 heavy (non-hydrogen) atoms. The van der Waals surface area contributed by atoms with Gasteiger partial charge in [-0.15, -0.1) is 5.10 Å². The second-order valence-electron chi connectivity index (χ2n) is 5.35. The Bertz CT molecular complexity index is 912. The van der Waals surface area contributed by atoms with E-state index in [9.17, 15) is 9.59 Å². The molecule has 0 saturated heterocycles. The van der Waals surface area contributed by atoms with E-state index in [1.165, 1.54) is 17.9 Å². The number of nitrogens with one attached hydrogen (secondary N) is 1. The van der Waals surface area contributed by atoms with Crippen molar-refractivity contribution in [1.29, 1.82) is 0 Å². The summed E-state index contributed by atoms with van der Waals surface area (Å²) in [7, 11) is 0. The first-order valence-electron chi connectivity index (χ1n) is 7.64. The lowest BCUT2D eigenvalue weighted by Gasteiger charge is -2.14. The van der Waals surface area contributed by atoms with Crippen LogP contribution in [0.2, 0.25) is 5.02 Å². The highest BCUT2D eigenvalue weighted by Crippen LogP contribution is 2.16. The molecule has 1 aromatic heterocycles. The van der Waals surface area contributed by atoms with Gasteiger partial charge in [0.1, 0.15) is 6.33 Å². The molecule has 8 nitrogen and oxygen atoms in total. The summed E-state index contributed by atoms with van der Waals surface area (Å²) in [5.41, 5.74) is 1.53. The maximum Gasteiger partial charge on any atom is 0.338 e. The van der Waals surface area contributed by atoms with Crippen molar-refractivity contribution in [3.05, 3.63) is 65.4 Å². The normalized spacial score (nSPS) is 11.6. The minimum Gasteiger partial charge on any atom is -0.449 e. The number of rotatable bonds is 5. The summed E-state index contributed by atoms with van der Waals surface area (Å²) in [5.74, 6) is -1.06. The summed E-state index contributed by atoms with van der Waals surface area (Å²) in [6.45, 7) is 1.49. The highest BCUT2D eigenvalue weighted by molar-refractivity contribution is 6.30. The first kappa shape index (κ1) is 17.6. The Kier molecular flexibility index (Phi) is 5.23. The van der Waals surface area contributed by atoms with Gasteiger partial charge in [0.05, 0.1) is 11.3 Å². The third-order valence-electron chi connectivity index (χ3n) is 3.46. The lowest BCUT2D eigenvalue weighted by Crippen LogP contribution is -2.30. The van der Waals surface area contributed by atoms with Gasteiger partial charge in [-0.1, -0.05) is 17.7 Å². The Morgan fingerprint density at radius 2 is 1.96 bits per heavy atom. The van der Waals surface area contributed by atoms with Crippen LogP contribution in [-0.2, 0) is 9.53 Å². The van der Waals surface area contributed by atoms with Crippen LogP contribution in [0.5, 0.6) is 0 Å². The van der Waals surface area contributed by atoms with Crippen molar-refractivity contribution in [3.8, 4) is 5.69 Å². The second-order valence-corrected chi connectivity index (χ2v) is 5.78. The number of ether oxygens (including phenoxy) is 1. The number of benzene rings is 2. The molecule has 3 rings (SSSR count). The van der Waals surface area contributed by atoms with E-state index < -0.39 is 18.0 Å². The minimum absolute atomic E-state index is 0.309. The molecule has 1 heterocycles. The Hall–Kier alpha value is -3.26. The van der Waals surface area contributed by atoms with Crippen molar-refractivity contribution < 1.29 is 14.3 Å². The largest absolute Gasteiger partial charge is 0.449 e. The third-order valence-corrected chi connectivity index (χ3v) is 3.70. The predicted octanol–water partition coefficient (Wildman–Crippen LogP) is 2.50. The molecule has 1 unspecified atom stereocenters. The molecule has 2 aromatic carbocycles. The lowest BCUT2D eigenvalue weighted by molar-refractivity contribution is -0.123. The molecule has 9 heteroatoms. The molecule has 0 aliphatic carbocycles. The van der Waals surface area contributed by atoms with Crippen LogP contribution in [0.25, 0.3) is 5.69 Å². The van der Waals surface area contributed by atoms with Crippen LogP contribution in [-0.4, -0.2) is 38.2 Å². The third kappa shape index (κ3) is 4.22. The minimum atomic E-state index is -0.972. The van der Waals surface area contributed by atoms with E-state index in [1.807, 2.05) is 0 Å². The van der Waals surface area contributed by atoms with Gasteiger partial charge >= 0.3 is 5.97 Å². The molecule has 0 aliphatic rings. The van der Waals surface area contributed by atoms with Crippen molar-refractivity contribution >= 4 is 29.2 Å². The topological polar surface area (TPSA) is 99.0 Å². The average molecular weight is 372 g/mol. The molecular formula is C17H14ClN5O3. The van der Waals surface area contributed by atoms with Gasteiger partial charge in [-0.3, -0.25) is 4.79 Å². The number of tetrazole rings is 1. The molecule has 132 valence electrons. The molecule has 0 radical (unpaired) electrons. The first-order chi connectivity index (χ1) is 12.5. The standard InChI is InChI=1S/C17H14ClN5O3/c1-11(16(24)20-14-4-2-3-13(18)9-14)26-17(25)12-5-7-15(8-6-12)23-10-19-21-22-23/h2-11H,1H3,(H,20,24). The Morgan fingerprint density at radius 1 is 1.19 bits per heavy atom. The number of anilines is 1. The van der Waals surface area contributed by atoms with Crippen LogP contribution < -0.4 is 5.32 Å². The summed E-state index contributed by atoms with van der Waals surface area (Å²) >= 11 is 5.87. The number of amides is 1. The van der Waals surface area contributed by atoms with E-state index in [1.54, 1.807) is 48.5 Å². The molecule has 1 N–H and O–H groups in total. The zero-order valence-corrected chi connectivity index (χ0v) is 14.4. The molecule has 0 saturated carbocycles. The SMILES string of the molecule is CC(OC(=O)c1ccc(-n2cnnn2)cc1)C(=O)Nc1cccc(Cl)c1. The zero-order chi connectivity index (χ0) is 18.5. The van der Waals surface area contributed by atoms with Gasteiger partial charge in [0, 0.05) is 10.7 Å². The van der Waals surface area contributed by atoms with Gasteiger partial charge in [0.25, 0.3) is 5.91 Å². The van der Waals surface area contributed by atoms with E-state index >= 15 is 0 Å². The van der Waals surface area contributed by atoms with E-state index in [2.05, 4.69) is 20.8 Å². The van der Waals surface area contributed by atoms with Crippen molar-refractivity contribution in [1.82, 2.24) is 20.2 Å². The fraction of sp³-hybridized carbons (Fsp3) is 0.118. The fourth-order valence-electron chi connectivity index (χ4n) is 2.12. The van der Waals surface area contributed by atoms with Crippen LogP contribution in [0, 0.1) is 0 Å². The van der Waals surface area contributed by atoms with Crippen LogP contribution >= 0.6 is 11.6 Å². The lowest BCUT2D eigenvalue weighted by atomic mass is 10.2. The van der Waals surface area contributed by atoms with E-state index in [-0.39, 0.29) is 0 Å². The van der Waals surface area contributed by atoms with Gasteiger partial charge in [0.15, 0.2) is 6.10 Å². The maximum absolute atomic E-state index is 12.2. The summed E-state index contributed by atoms with van der Waals surface area (Å²) in [6.07, 6.45) is 0.468. The van der Waals surface area contributed by atoms with Crippen molar-refractivity contribution in [2.75, 3.05) is 5.32 Å². The van der Waals surface area contributed by atoms with Crippen LogP contribution in [0.3, 0.4) is 0 Å². The predicted molar refractivity (Wildman–Crippen MR) is 94.1 cm³/mol. The number of aromatic nitrogens is 4. The van der Waals surface area contributed by atoms with E-state index in [0.717, 1.165) is 0 Å². The summed E-state index contributed by atoms with van der Waals surface area (Å²) < 4.78 is 6.65. The summed E-state index contributed by atoms with van der Waals surface area (Å²) in [5, 5.41) is 14.0. The summed E-state index contributed by atoms with van der Waals surface area (Å²) in [4.78, 5) is 24.3. The molecule has 3 aromatic rings. The molecule has 1 amide bonds. The molecular weight excluding hydrogens is 358 g/mol. The molecule has 0 spiro atoms. The van der Waals surface area contributed by atoms with Gasteiger partial charge < -0.3 is 10.1 Å². The number of carbonyl (C=O) groups excluding carboxylic acids is 2. The molecule has 0 fully saturated rings. The van der Waals surface area contributed by atoms with Crippen molar-refractivity contribution in [2.45, 2.75) is 13.0 Å². The fourth-order valence-corrected chi connectivity index (χ4v) is 2.31. The Labute approximate surface area is 153 Å². The summed E-state index contributed by atoms with van der Waals surface area (Å²) in [6, 6.07) is 13.2. The monoisotopic (exact) mass is 371 g/mol. The van der Waals surface area contributed by atoms with Gasteiger partial charge in [-0.2, -0.15) is 0 Å². The Morgan fingerprint density at radius 3 is 2.62 bits per heavy atom. The quantitative estimate of drug-likeness (QED) is 0.692. The highest BCUT2D eigenvalue weighted by atomic mass is 35.5. The number of nitrogens with zero attached hydrogens (tertiary/aromatic N) is 4. The number of halogens is 1. The average Bonchev–Trinajstić information content (AvgIpc) is 3.16. The zero-order valence-electron chi connectivity index (χ0n) is 13.7. The second kappa shape index (κ2) is 7.75. The number of hydrogen-bond donors (Lipinski definition) is 1. The van der Waals surface area contributed by atoms with Crippen LogP contribution in [0.1, 0.15) is 17.3 Å². The maximum atomic E-state index is 12.2. The molecule has 1 atom stereocenters. The molecule has 0 bridgehead atoms. The van der Waals surface area contributed by atoms with Crippen molar-refractivity contribution in [3.63, 3.8) is 0 Å². The molecule has 0 aliphatic heterocycles. The van der Waals surface area contributed by atoms with Crippen LogP contribution in [0.4, 0.5) is 5.69 Å². The van der Waals surface area contributed by atoms with Gasteiger partial charge in [-0.25, -0.2) is 9.48 Å².